The number of amides is 2. The minimum Gasteiger partial charge on any atom is -0.467 e. The van der Waals surface area contributed by atoms with Crippen molar-refractivity contribution >= 4 is 17.5 Å². The lowest BCUT2D eigenvalue weighted by atomic mass is 9.90. The van der Waals surface area contributed by atoms with Gasteiger partial charge in [-0.2, -0.15) is 0 Å². The van der Waals surface area contributed by atoms with E-state index >= 15 is 0 Å². The highest BCUT2D eigenvalue weighted by Gasteiger charge is 2.33. The Bertz CT molecular complexity index is 773. The number of carbonyl (C=O) groups excluding carboxylic acids is 2. The molecule has 1 aromatic carbocycles. The molecule has 2 amide bonds. The lowest BCUT2D eigenvalue weighted by Gasteiger charge is -2.37. The number of hydrogen-bond donors (Lipinski definition) is 1. The van der Waals surface area contributed by atoms with Crippen LogP contribution in [0.5, 0.6) is 0 Å². The summed E-state index contributed by atoms with van der Waals surface area (Å²) in [4.78, 5) is 26.0. The second-order valence-electron chi connectivity index (χ2n) is 6.54. The average Bonchev–Trinajstić information content (AvgIpc) is 3.10. The molecule has 0 radical (unpaired) electrons. The van der Waals surface area contributed by atoms with E-state index in [0.29, 0.717) is 18.0 Å². The number of carbonyl (C=O) groups is 2. The molecule has 0 aliphatic carbocycles. The molecule has 2 heterocycles. The highest BCUT2D eigenvalue weighted by Crippen LogP contribution is 2.35. The van der Waals surface area contributed by atoms with Gasteiger partial charge in [0.15, 0.2) is 0 Å². The first kappa shape index (κ1) is 17.2. The maximum atomic E-state index is 13.8. The van der Waals surface area contributed by atoms with Crippen molar-refractivity contribution in [3.8, 4) is 0 Å². The van der Waals surface area contributed by atoms with Gasteiger partial charge in [-0.25, -0.2) is 4.39 Å². The minimum absolute atomic E-state index is 0.0123. The molecule has 1 N–H and O–H groups in total. The molecule has 5 nitrogen and oxygen atoms in total. The van der Waals surface area contributed by atoms with E-state index < -0.39 is 5.82 Å². The monoisotopic (exact) mass is 344 g/mol. The number of benzene rings is 1. The zero-order chi connectivity index (χ0) is 18.0. The molecule has 0 saturated carbocycles. The highest BCUT2D eigenvalue weighted by atomic mass is 19.1. The largest absolute Gasteiger partial charge is 0.467 e. The van der Waals surface area contributed by atoms with Gasteiger partial charge in [0.25, 0.3) is 5.91 Å². The number of halogens is 1. The molecule has 1 aliphatic rings. The second kappa shape index (κ2) is 7.09. The Morgan fingerprint density at radius 3 is 2.80 bits per heavy atom. The van der Waals surface area contributed by atoms with Crippen LogP contribution in [0.1, 0.15) is 48.8 Å². The third kappa shape index (κ3) is 3.73. The van der Waals surface area contributed by atoms with Crippen molar-refractivity contribution in [2.24, 2.45) is 5.92 Å². The Morgan fingerprint density at radius 2 is 2.12 bits per heavy atom. The summed E-state index contributed by atoms with van der Waals surface area (Å²) in [7, 11) is 0. The smallest absolute Gasteiger partial charge is 0.254 e. The van der Waals surface area contributed by atoms with E-state index in [-0.39, 0.29) is 23.5 Å². The van der Waals surface area contributed by atoms with E-state index in [1.165, 1.54) is 25.1 Å². The van der Waals surface area contributed by atoms with Gasteiger partial charge >= 0.3 is 0 Å². The van der Waals surface area contributed by atoms with Gasteiger partial charge in [-0.3, -0.25) is 9.59 Å². The Hall–Kier alpha value is -2.63. The number of nitrogens with zero attached hydrogens (tertiary/aromatic N) is 1. The number of likely N-dealkylation sites (tertiary alicyclic amines) is 1. The highest BCUT2D eigenvalue weighted by molar-refractivity contribution is 5.97. The number of nitrogens with one attached hydrogen (secondary N) is 1. The van der Waals surface area contributed by atoms with Crippen LogP contribution in [0.3, 0.4) is 0 Å². The summed E-state index contributed by atoms with van der Waals surface area (Å²) in [5, 5.41) is 2.41. The average molecular weight is 344 g/mol. The van der Waals surface area contributed by atoms with Gasteiger partial charge in [0.05, 0.1) is 18.0 Å². The molecule has 25 heavy (non-hydrogen) atoms. The third-order valence-corrected chi connectivity index (χ3v) is 4.52. The van der Waals surface area contributed by atoms with E-state index in [4.69, 9.17) is 4.42 Å². The standard InChI is InChI=1S/C19H21FN2O3/c1-12-7-8-22(17(10-12)18-4-3-9-25-18)19(24)14-5-6-15(20)16(11-14)21-13(2)23/h3-6,9,11-12,17H,7-8,10H2,1-2H3,(H,21,23)/t12-,17+/m0/s1. The molecule has 1 aliphatic heterocycles. The molecule has 0 spiro atoms. The van der Waals surface area contributed by atoms with Gasteiger partial charge < -0.3 is 14.6 Å². The lowest BCUT2D eigenvalue weighted by molar-refractivity contribution is -0.114. The quantitative estimate of drug-likeness (QED) is 0.916. The van der Waals surface area contributed by atoms with Crippen LogP contribution in [0.15, 0.2) is 41.0 Å². The molecule has 2 aromatic rings. The maximum absolute atomic E-state index is 13.8. The topological polar surface area (TPSA) is 62.6 Å². The van der Waals surface area contributed by atoms with Crippen LogP contribution in [0, 0.1) is 11.7 Å². The van der Waals surface area contributed by atoms with Crippen molar-refractivity contribution in [2.45, 2.75) is 32.7 Å². The molecule has 1 fully saturated rings. The number of hydrogen-bond acceptors (Lipinski definition) is 3. The van der Waals surface area contributed by atoms with Crippen molar-refractivity contribution in [1.29, 1.82) is 0 Å². The summed E-state index contributed by atoms with van der Waals surface area (Å²) < 4.78 is 19.4. The summed E-state index contributed by atoms with van der Waals surface area (Å²) in [6, 6.07) is 7.57. The molecule has 132 valence electrons. The first-order valence-corrected chi connectivity index (χ1v) is 8.37. The normalized spacial score (nSPS) is 20.4. The Morgan fingerprint density at radius 1 is 1.32 bits per heavy atom. The fourth-order valence-electron chi connectivity index (χ4n) is 3.24. The van der Waals surface area contributed by atoms with Crippen LogP contribution in [-0.2, 0) is 4.79 Å². The molecule has 0 unspecified atom stereocenters. The van der Waals surface area contributed by atoms with Gasteiger partial charge in [0.2, 0.25) is 5.91 Å². The summed E-state index contributed by atoms with van der Waals surface area (Å²) in [5.74, 6) is 0.0941. The zero-order valence-electron chi connectivity index (χ0n) is 14.3. The molecule has 1 saturated heterocycles. The van der Waals surface area contributed by atoms with Crippen LogP contribution >= 0.6 is 0 Å². The SMILES string of the molecule is CC(=O)Nc1cc(C(=O)N2CC[C@H](C)C[C@@H]2c2ccco2)ccc1F. The molecule has 0 bridgehead atoms. The van der Waals surface area contributed by atoms with Gasteiger partial charge in [0, 0.05) is 19.0 Å². The van der Waals surface area contributed by atoms with Crippen LogP contribution in [0.25, 0.3) is 0 Å². The van der Waals surface area contributed by atoms with Crippen molar-refractivity contribution in [2.75, 3.05) is 11.9 Å². The van der Waals surface area contributed by atoms with Crippen molar-refractivity contribution < 1.29 is 18.4 Å². The van der Waals surface area contributed by atoms with Gasteiger partial charge in [-0.15, -0.1) is 0 Å². The van der Waals surface area contributed by atoms with E-state index in [2.05, 4.69) is 12.2 Å². The van der Waals surface area contributed by atoms with Crippen molar-refractivity contribution in [3.05, 3.63) is 53.7 Å². The van der Waals surface area contributed by atoms with Crippen LogP contribution in [-0.4, -0.2) is 23.3 Å². The zero-order valence-corrected chi connectivity index (χ0v) is 14.3. The fourth-order valence-corrected chi connectivity index (χ4v) is 3.24. The Kier molecular flexibility index (Phi) is 4.88. The molecule has 6 heteroatoms. The van der Waals surface area contributed by atoms with Crippen molar-refractivity contribution in [3.63, 3.8) is 0 Å². The van der Waals surface area contributed by atoms with E-state index in [1.54, 1.807) is 11.2 Å². The Balaban J connectivity index is 1.89. The number of piperidine rings is 1. The van der Waals surface area contributed by atoms with E-state index in [0.717, 1.165) is 18.6 Å². The van der Waals surface area contributed by atoms with Crippen LogP contribution < -0.4 is 5.32 Å². The van der Waals surface area contributed by atoms with E-state index in [9.17, 15) is 14.0 Å². The predicted octanol–water partition coefficient (Wildman–Crippen LogP) is 3.99. The van der Waals surface area contributed by atoms with E-state index in [1.807, 2.05) is 12.1 Å². The number of rotatable bonds is 3. The maximum Gasteiger partial charge on any atom is 0.254 e. The second-order valence-corrected chi connectivity index (χ2v) is 6.54. The van der Waals surface area contributed by atoms with Crippen molar-refractivity contribution in [1.82, 2.24) is 4.90 Å². The summed E-state index contributed by atoms with van der Waals surface area (Å²) in [6.07, 6.45) is 3.33. The number of furan rings is 1. The fraction of sp³-hybridized carbons (Fsp3) is 0.368. The Labute approximate surface area is 145 Å². The van der Waals surface area contributed by atoms with Crippen LogP contribution in [0.2, 0.25) is 0 Å². The lowest BCUT2D eigenvalue weighted by Crippen LogP contribution is -2.40. The summed E-state index contributed by atoms with van der Waals surface area (Å²) >= 11 is 0. The van der Waals surface area contributed by atoms with Crippen LogP contribution in [0.4, 0.5) is 10.1 Å². The molecule has 1 aromatic heterocycles. The molecular weight excluding hydrogens is 323 g/mol. The first-order chi connectivity index (χ1) is 12.0. The predicted molar refractivity (Wildman–Crippen MR) is 91.6 cm³/mol. The molecular formula is C19H21FN2O3. The molecule has 3 rings (SSSR count). The minimum atomic E-state index is -0.568. The summed E-state index contributed by atoms with van der Waals surface area (Å²) in [5.41, 5.74) is 0.356. The van der Waals surface area contributed by atoms with Gasteiger partial charge in [0.1, 0.15) is 11.6 Å². The number of anilines is 1. The molecule has 2 atom stereocenters. The first-order valence-electron chi connectivity index (χ1n) is 8.37. The third-order valence-electron chi connectivity index (χ3n) is 4.52. The van der Waals surface area contributed by atoms with Gasteiger partial charge in [-0.05, 0) is 49.1 Å². The van der Waals surface area contributed by atoms with Gasteiger partial charge in [-0.1, -0.05) is 6.92 Å². The summed E-state index contributed by atoms with van der Waals surface area (Å²) in [6.45, 7) is 4.07.